The first-order valence-corrected chi connectivity index (χ1v) is 23.3. The molecule has 6 bridgehead atoms. The van der Waals surface area contributed by atoms with Crippen molar-refractivity contribution in [3.8, 4) is 44.5 Å². The van der Waals surface area contributed by atoms with Gasteiger partial charge >= 0.3 is 0 Å². The van der Waals surface area contributed by atoms with Gasteiger partial charge in [-0.1, -0.05) is 110 Å². The van der Waals surface area contributed by atoms with Crippen LogP contribution in [0, 0.1) is 41.3 Å². The van der Waals surface area contributed by atoms with Crippen molar-refractivity contribution in [3.05, 3.63) is 186 Å². The van der Waals surface area contributed by atoms with Crippen molar-refractivity contribution in [2.24, 2.45) is 35.5 Å². The van der Waals surface area contributed by atoms with Crippen molar-refractivity contribution >= 4 is 17.1 Å². The number of anilines is 3. The molecule has 3 unspecified atom stereocenters. The van der Waals surface area contributed by atoms with Gasteiger partial charge in [-0.25, -0.2) is 4.39 Å². The van der Waals surface area contributed by atoms with Crippen molar-refractivity contribution in [1.82, 2.24) is 0 Å². The summed E-state index contributed by atoms with van der Waals surface area (Å²) in [6.45, 7) is 0. The minimum atomic E-state index is -0.210. The zero-order chi connectivity index (χ0) is 40.0. The van der Waals surface area contributed by atoms with Gasteiger partial charge < -0.3 is 4.90 Å². The molecule has 0 amide bonds. The number of hydrogen-bond donors (Lipinski definition) is 0. The molecule has 0 saturated heterocycles. The van der Waals surface area contributed by atoms with Crippen LogP contribution in [-0.4, -0.2) is 0 Å². The molecule has 8 aliphatic rings. The second-order valence-corrected chi connectivity index (χ2v) is 20.2. The van der Waals surface area contributed by atoms with Crippen molar-refractivity contribution < 1.29 is 4.39 Å². The van der Waals surface area contributed by atoms with Crippen LogP contribution in [0.4, 0.5) is 21.5 Å². The van der Waals surface area contributed by atoms with Gasteiger partial charge in [0.15, 0.2) is 0 Å². The van der Waals surface area contributed by atoms with E-state index in [0.29, 0.717) is 11.8 Å². The van der Waals surface area contributed by atoms with E-state index in [1.807, 2.05) is 6.07 Å². The minimum absolute atomic E-state index is 0.0843. The van der Waals surface area contributed by atoms with Gasteiger partial charge in [0.1, 0.15) is 5.82 Å². The molecule has 3 atom stereocenters. The van der Waals surface area contributed by atoms with E-state index in [1.54, 1.807) is 34.4 Å². The smallest absolute Gasteiger partial charge is 0.123 e. The lowest BCUT2D eigenvalue weighted by Gasteiger charge is -2.61. The van der Waals surface area contributed by atoms with Crippen LogP contribution in [0.5, 0.6) is 0 Å². The fourth-order valence-electron chi connectivity index (χ4n) is 15.6. The number of halogens is 1. The summed E-state index contributed by atoms with van der Waals surface area (Å²) in [5.41, 5.74) is 20.2. The molecule has 6 saturated carbocycles. The molecule has 8 aliphatic carbocycles. The number of hydrogen-bond acceptors (Lipinski definition) is 1. The first-order valence-electron chi connectivity index (χ1n) is 23.3. The Morgan fingerprint density at radius 1 is 0.393 bits per heavy atom. The van der Waals surface area contributed by atoms with E-state index >= 15 is 0 Å². The van der Waals surface area contributed by atoms with Crippen LogP contribution in [0.2, 0.25) is 0 Å². The summed E-state index contributed by atoms with van der Waals surface area (Å²) in [6, 6.07) is 58.6. The lowest BCUT2D eigenvalue weighted by atomic mass is 9.43. The monoisotopic (exact) mass is 791 g/mol. The highest BCUT2D eigenvalue weighted by atomic mass is 19.1. The van der Waals surface area contributed by atoms with Crippen LogP contribution >= 0.6 is 0 Å². The van der Waals surface area contributed by atoms with E-state index in [0.717, 1.165) is 46.2 Å². The zero-order valence-corrected chi connectivity index (χ0v) is 34.7. The third-order valence-corrected chi connectivity index (χ3v) is 17.6. The molecule has 0 aliphatic heterocycles. The number of nitrogens with zero attached hydrogens (tertiary/aromatic N) is 1. The Kier molecular flexibility index (Phi) is 7.25. The molecule has 298 valence electrons. The second kappa shape index (κ2) is 12.7. The molecule has 2 spiro atoms. The van der Waals surface area contributed by atoms with Gasteiger partial charge in [0.25, 0.3) is 0 Å². The largest absolute Gasteiger partial charge is 0.310 e. The number of benzene rings is 7. The molecule has 7 aromatic carbocycles. The molecule has 6 fully saturated rings. The molecule has 61 heavy (non-hydrogen) atoms. The van der Waals surface area contributed by atoms with E-state index < -0.39 is 0 Å². The van der Waals surface area contributed by atoms with E-state index in [-0.39, 0.29) is 16.6 Å². The van der Waals surface area contributed by atoms with Crippen LogP contribution in [-0.2, 0) is 10.8 Å². The third kappa shape index (κ3) is 4.77. The maximum absolute atomic E-state index is 14.4. The Hall–Kier alpha value is -5.73. The second-order valence-electron chi connectivity index (χ2n) is 20.2. The lowest BCUT2D eigenvalue weighted by Crippen LogP contribution is -2.55. The van der Waals surface area contributed by atoms with Crippen molar-refractivity contribution in [2.45, 2.75) is 68.6 Å². The van der Waals surface area contributed by atoms with Crippen LogP contribution < -0.4 is 4.90 Å². The first kappa shape index (κ1) is 34.9. The Morgan fingerprint density at radius 2 is 1.00 bits per heavy atom. The maximum atomic E-state index is 14.4. The fourth-order valence-corrected chi connectivity index (χ4v) is 15.6. The van der Waals surface area contributed by atoms with Gasteiger partial charge in [0, 0.05) is 27.9 Å². The van der Waals surface area contributed by atoms with E-state index in [1.165, 1.54) is 103 Å². The van der Waals surface area contributed by atoms with Crippen LogP contribution in [0.3, 0.4) is 0 Å². The van der Waals surface area contributed by atoms with Crippen LogP contribution in [0.15, 0.2) is 158 Å². The van der Waals surface area contributed by atoms with E-state index in [9.17, 15) is 4.39 Å². The van der Waals surface area contributed by atoms with E-state index in [4.69, 9.17) is 0 Å². The Morgan fingerprint density at radius 3 is 1.74 bits per heavy atom. The Balaban J connectivity index is 0.917. The van der Waals surface area contributed by atoms with Crippen molar-refractivity contribution in [2.75, 3.05) is 4.90 Å². The quantitative estimate of drug-likeness (QED) is 0.168. The minimum Gasteiger partial charge on any atom is -0.310 e. The SMILES string of the molecule is Fc1cccc(-c2ccc(N(c3cccc(-c4ccc5c(c4)-c4ccccc4C54CC5CCC4C5)c3)c3ccc4c(c3)C3(c5ccccc5-4)C4CC5CC(C4)CC3C5)cc2)c1. The first-order chi connectivity index (χ1) is 30.0. The average molecular weight is 792 g/mol. The molecule has 1 nitrogen and oxygen atoms in total. The highest BCUT2D eigenvalue weighted by Crippen LogP contribution is 2.70. The zero-order valence-electron chi connectivity index (χ0n) is 34.7. The molecule has 0 heterocycles. The van der Waals surface area contributed by atoms with Gasteiger partial charge in [-0.3, -0.25) is 0 Å². The summed E-state index contributed by atoms with van der Waals surface area (Å²) >= 11 is 0. The standard InChI is InChI=1S/C59H50FN/c60-46-9-5-7-40(31-46)39-16-20-47(21-17-39)61(49-22-23-52-50-11-2-4-14-56(50)59(57(52)34-49)44-27-37-25-38(29-44)30-45(59)28-37)48-10-6-8-41(32-48)42-18-24-55-53(33-42)51-12-1-3-13-54(51)58(55)35-36-15-19-43(58)26-36/h1-14,16-18,20-24,31-34,36-38,43-45H,15,19,25-30,35H2. The van der Waals surface area contributed by atoms with Gasteiger partial charge in [-0.05, 0) is 208 Å². The predicted molar refractivity (Wildman–Crippen MR) is 247 cm³/mol. The summed E-state index contributed by atoms with van der Waals surface area (Å²) in [7, 11) is 0. The molecule has 0 radical (unpaired) electrons. The van der Waals surface area contributed by atoms with Crippen molar-refractivity contribution in [3.63, 3.8) is 0 Å². The van der Waals surface area contributed by atoms with Crippen LogP contribution in [0.1, 0.15) is 80.0 Å². The highest BCUT2D eigenvalue weighted by molar-refractivity contribution is 5.89. The molecule has 0 N–H and O–H groups in total. The predicted octanol–water partition coefficient (Wildman–Crippen LogP) is 15.4. The summed E-state index contributed by atoms with van der Waals surface area (Å²) in [4.78, 5) is 2.48. The molecule has 15 rings (SSSR count). The van der Waals surface area contributed by atoms with Gasteiger partial charge in [0.2, 0.25) is 0 Å². The fraction of sp³-hybridized carbons (Fsp3) is 0.288. The lowest BCUT2D eigenvalue weighted by molar-refractivity contribution is -0.0399. The van der Waals surface area contributed by atoms with Crippen LogP contribution in [0.25, 0.3) is 44.5 Å². The molecular formula is C59H50FN. The normalized spacial score (nSPS) is 28.9. The molecule has 7 aromatic rings. The van der Waals surface area contributed by atoms with Gasteiger partial charge in [-0.2, -0.15) is 0 Å². The van der Waals surface area contributed by atoms with Gasteiger partial charge in [0.05, 0.1) is 0 Å². The molecule has 2 heteroatoms. The molecule has 0 aromatic heterocycles. The highest BCUT2D eigenvalue weighted by Gasteiger charge is 2.62. The maximum Gasteiger partial charge on any atom is 0.123 e. The Labute approximate surface area is 359 Å². The molecular weight excluding hydrogens is 742 g/mol. The van der Waals surface area contributed by atoms with E-state index in [2.05, 4.69) is 138 Å². The third-order valence-electron chi connectivity index (χ3n) is 17.6. The summed E-state index contributed by atoms with van der Waals surface area (Å²) in [5.74, 6) is 4.61. The topological polar surface area (TPSA) is 3.24 Å². The van der Waals surface area contributed by atoms with Gasteiger partial charge in [-0.15, -0.1) is 0 Å². The Bertz CT molecular complexity index is 2910. The summed E-state index contributed by atoms with van der Waals surface area (Å²) < 4.78 is 14.4. The number of fused-ring (bicyclic) bond motifs is 11. The number of rotatable bonds is 5. The van der Waals surface area contributed by atoms with Crippen molar-refractivity contribution in [1.29, 1.82) is 0 Å². The summed E-state index contributed by atoms with van der Waals surface area (Å²) in [5, 5.41) is 0. The summed E-state index contributed by atoms with van der Waals surface area (Å²) in [6.07, 6.45) is 12.4. The average Bonchev–Trinajstić information content (AvgIpc) is 4.05.